The molecule has 92 valence electrons. The fourth-order valence-electron chi connectivity index (χ4n) is 1.12. The zero-order valence-corrected chi connectivity index (χ0v) is 9.75. The minimum Gasteiger partial charge on any atom is -0.506 e. The molecule has 1 rings (SSSR count). The summed E-state index contributed by atoms with van der Waals surface area (Å²) in [7, 11) is 0.865. The molecule has 0 aliphatic heterocycles. The fourth-order valence-corrected chi connectivity index (χ4v) is 1.91. The summed E-state index contributed by atoms with van der Waals surface area (Å²) in [6, 6.07) is 1.51. The highest BCUT2D eigenvalue weighted by atomic mass is 35.7. The lowest BCUT2D eigenvalue weighted by Gasteiger charge is -2.07. The number of benzene rings is 1. The van der Waals surface area contributed by atoms with E-state index >= 15 is 0 Å². The Kier molecular flexibility index (Phi) is 3.30. The number of hydrogen-bond donors (Lipinski definition) is 3. The minimum atomic E-state index is -4.19. The average Bonchev–Trinajstić information content (AvgIpc) is 2.14. The Balaban J connectivity index is 3.71. The number of carbonyl (C=O) groups is 2. The summed E-state index contributed by atoms with van der Waals surface area (Å²) in [6.07, 6.45) is 0. The van der Waals surface area contributed by atoms with Crippen LogP contribution in [0, 0.1) is 0 Å². The zero-order valence-electron chi connectivity index (χ0n) is 8.18. The lowest BCUT2D eigenvalue weighted by molar-refractivity contribution is 0.0996. The number of rotatable bonds is 3. The molecule has 5 N–H and O–H groups in total. The summed E-state index contributed by atoms with van der Waals surface area (Å²) in [5, 5.41) is 9.48. The predicted molar refractivity (Wildman–Crippen MR) is 58.2 cm³/mol. The molecule has 1 aromatic rings. The van der Waals surface area contributed by atoms with Crippen LogP contribution in [0.5, 0.6) is 5.75 Å². The van der Waals surface area contributed by atoms with Gasteiger partial charge in [-0.05, 0) is 12.1 Å². The summed E-state index contributed by atoms with van der Waals surface area (Å²) in [4.78, 5) is 21.3. The predicted octanol–water partition coefficient (Wildman–Crippen LogP) is -0.482. The SMILES string of the molecule is NC(=O)c1cc(S(=O)(=O)Cl)cc(C(N)=O)c1O. The van der Waals surface area contributed by atoms with E-state index in [1.165, 1.54) is 0 Å². The maximum absolute atomic E-state index is 11.1. The van der Waals surface area contributed by atoms with Crippen molar-refractivity contribution < 1.29 is 23.1 Å². The molecule has 0 aliphatic rings. The second-order valence-corrected chi connectivity index (χ2v) is 5.60. The molecule has 17 heavy (non-hydrogen) atoms. The van der Waals surface area contributed by atoms with Gasteiger partial charge in [-0.15, -0.1) is 0 Å². The largest absolute Gasteiger partial charge is 0.506 e. The Bertz CT molecular complexity index is 575. The molecule has 7 nitrogen and oxygen atoms in total. The first-order valence-electron chi connectivity index (χ1n) is 4.06. The number of hydrogen-bond acceptors (Lipinski definition) is 5. The second kappa shape index (κ2) is 4.22. The third-order valence-corrected chi connectivity index (χ3v) is 3.23. The van der Waals surface area contributed by atoms with Gasteiger partial charge < -0.3 is 16.6 Å². The van der Waals surface area contributed by atoms with E-state index in [1.54, 1.807) is 0 Å². The molecular formula is C8H7ClN2O5S. The van der Waals surface area contributed by atoms with Gasteiger partial charge in [-0.25, -0.2) is 8.42 Å². The van der Waals surface area contributed by atoms with Crippen molar-refractivity contribution in [3.8, 4) is 5.75 Å². The van der Waals surface area contributed by atoms with Crippen LogP contribution in [0.4, 0.5) is 0 Å². The fraction of sp³-hybridized carbons (Fsp3) is 0. The molecule has 0 aromatic heterocycles. The van der Waals surface area contributed by atoms with Crippen molar-refractivity contribution in [2.24, 2.45) is 11.5 Å². The Morgan fingerprint density at radius 2 is 1.47 bits per heavy atom. The number of nitrogens with two attached hydrogens (primary N) is 2. The maximum atomic E-state index is 11.1. The van der Waals surface area contributed by atoms with E-state index in [0.29, 0.717) is 0 Å². The molecule has 0 saturated carbocycles. The molecule has 0 unspecified atom stereocenters. The van der Waals surface area contributed by atoms with Crippen molar-refractivity contribution in [1.82, 2.24) is 0 Å². The molecule has 9 heteroatoms. The van der Waals surface area contributed by atoms with Crippen molar-refractivity contribution in [2.45, 2.75) is 4.90 Å². The van der Waals surface area contributed by atoms with Crippen LogP contribution in [-0.2, 0) is 9.05 Å². The van der Waals surface area contributed by atoms with E-state index in [9.17, 15) is 23.1 Å². The molecule has 2 amide bonds. The smallest absolute Gasteiger partial charge is 0.261 e. The van der Waals surface area contributed by atoms with E-state index < -0.39 is 42.6 Å². The number of aromatic hydroxyl groups is 1. The van der Waals surface area contributed by atoms with Crippen LogP contribution >= 0.6 is 10.7 Å². The maximum Gasteiger partial charge on any atom is 0.261 e. The van der Waals surface area contributed by atoms with Crippen molar-refractivity contribution in [3.05, 3.63) is 23.3 Å². The summed E-state index contributed by atoms with van der Waals surface area (Å²) in [5.74, 6) is -3.02. The Morgan fingerprint density at radius 3 is 1.71 bits per heavy atom. The van der Waals surface area contributed by atoms with E-state index in [2.05, 4.69) is 0 Å². The standard InChI is InChI=1S/C8H7ClN2O5S/c9-17(15,16)3-1-4(7(10)13)6(12)5(2-3)8(11)14/h1-2,12H,(H2,10,13)(H2,11,14). The average molecular weight is 279 g/mol. The molecule has 0 fully saturated rings. The molecule has 0 bridgehead atoms. The van der Waals surface area contributed by atoms with Crippen LogP contribution in [0.15, 0.2) is 17.0 Å². The van der Waals surface area contributed by atoms with E-state index in [4.69, 9.17) is 22.1 Å². The van der Waals surface area contributed by atoms with Gasteiger partial charge in [-0.3, -0.25) is 9.59 Å². The normalized spacial score (nSPS) is 11.1. The van der Waals surface area contributed by atoms with Gasteiger partial charge in [0.05, 0.1) is 16.0 Å². The second-order valence-electron chi connectivity index (χ2n) is 3.03. The van der Waals surface area contributed by atoms with Crippen molar-refractivity contribution in [2.75, 3.05) is 0 Å². The lowest BCUT2D eigenvalue weighted by Crippen LogP contribution is -2.17. The number of primary amides is 2. The first-order chi connectivity index (χ1) is 7.64. The number of halogens is 1. The van der Waals surface area contributed by atoms with E-state index in [0.717, 1.165) is 12.1 Å². The van der Waals surface area contributed by atoms with Crippen LogP contribution in [0.25, 0.3) is 0 Å². The van der Waals surface area contributed by atoms with Crippen LogP contribution in [-0.4, -0.2) is 25.3 Å². The van der Waals surface area contributed by atoms with Gasteiger partial charge in [0, 0.05) is 10.7 Å². The van der Waals surface area contributed by atoms with Gasteiger partial charge in [0.25, 0.3) is 20.9 Å². The van der Waals surface area contributed by atoms with Gasteiger partial charge in [0.2, 0.25) is 0 Å². The highest BCUT2D eigenvalue weighted by Gasteiger charge is 2.22. The van der Waals surface area contributed by atoms with Crippen molar-refractivity contribution in [3.63, 3.8) is 0 Å². The highest BCUT2D eigenvalue weighted by molar-refractivity contribution is 8.13. The van der Waals surface area contributed by atoms with Crippen LogP contribution < -0.4 is 11.5 Å². The highest BCUT2D eigenvalue weighted by Crippen LogP contribution is 2.27. The van der Waals surface area contributed by atoms with E-state index in [1.807, 2.05) is 0 Å². The van der Waals surface area contributed by atoms with Crippen LogP contribution in [0.3, 0.4) is 0 Å². The summed E-state index contributed by atoms with van der Waals surface area (Å²) < 4.78 is 22.1. The third-order valence-electron chi connectivity index (χ3n) is 1.90. The summed E-state index contributed by atoms with van der Waals surface area (Å²) >= 11 is 0. The first-order valence-corrected chi connectivity index (χ1v) is 6.37. The molecule has 0 saturated heterocycles. The Hall–Kier alpha value is -1.80. The van der Waals surface area contributed by atoms with Crippen LogP contribution in [0.1, 0.15) is 20.7 Å². The molecular weight excluding hydrogens is 272 g/mol. The Morgan fingerprint density at radius 1 is 1.12 bits per heavy atom. The van der Waals surface area contributed by atoms with Gasteiger partial charge in [0.15, 0.2) is 0 Å². The zero-order chi connectivity index (χ0) is 13.4. The summed E-state index contributed by atoms with van der Waals surface area (Å²) in [6.45, 7) is 0. The molecule has 0 heterocycles. The summed E-state index contributed by atoms with van der Waals surface area (Å²) in [5.41, 5.74) is 8.70. The van der Waals surface area contributed by atoms with Crippen molar-refractivity contribution in [1.29, 1.82) is 0 Å². The number of phenols is 1. The topological polar surface area (TPSA) is 141 Å². The molecule has 0 radical (unpaired) electrons. The monoisotopic (exact) mass is 278 g/mol. The molecule has 0 spiro atoms. The third kappa shape index (κ3) is 2.66. The number of amides is 2. The van der Waals surface area contributed by atoms with Gasteiger partial charge in [-0.1, -0.05) is 0 Å². The quantitative estimate of drug-likeness (QED) is 0.640. The Labute approximate surface area is 100 Å². The van der Waals surface area contributed by atoms with Gasteiger partial charge in [-0.2, -0.15) is 0 Å². The molecule has 0 aliphatic carbocycles. The molecule has 1 aromatic carbocycles. The first kappa shape index (κ1) is 13.3. The van der Waals surface area contributed by atoms with Gasteiger partial charge >= 0.3 is 0 Å². The van der Waals surface area contributed by atoms with Gasteiger partial charge in [0.1, 0.15) is 5.75 Å². The van der Waals surface area contributed by atoms with E-state index in [-0.39, 0.29) is 0 Å². The number of carbonyl (C=O) groups excluding carboxylic acids is 2. The van der Waals surface area contributed by atoms with Crippen molar-refractivity contribution >= 4 is 31.5 Å². The van der Waals surface area contributed by atoms with Crippen LogP contribution in [0.2, 0.25) is 0 Å². The minimum absolute atomic E-state index is 0.555. The molecule has 0 atom stereocenters. The lowest BCUT2D eigenvalue weighted by atomic mass is 10.1.